The number of aromatic hydroxyl groups is 1. The van der Waals surface area contributed by atoms with E-state index in [2.05, 4.69) is 27.8 Å². The highest BCUT2D eigenvalue weighted by molar-refractivity contribution is 9.10. The zero-order chi connectivity index (χ0) is 20.4. The van der Waals surface area contributed by atoms with Crippen LogP contribution in [0.25, 0.3) is 0 Å². The summed E-state index contributed by atoms with van der Waals surface area (Å²) in [5, 5.41) is 13.4. The maximum Gasteiger partial charge on any atom is 0.337 e. The lowest BCUT2D eigenvalue weighted by Crippen LogP contribution is -2.34. The van der Waals surface area contributed by atoms with Crippen LogP contribution in [0.1, 0.15) is 37.7 Å². The number of Topliss-reactive ketones (excluding diaryl/α,β-unsaturated/α-hetero) is 1. The second-order valence-electron chi connectivity index (χ2n) is 6.71. The Hall–Kier alpha value is -2.54. The van der Waals surface area contributed by atoms with Crippen LogP contribution in [0.5, 0.6) is 11.5 Å². The topological polar surface area (TPSA) is 84.9 Å². The number of ketones is 1. The number of halogens is 1. The van der Waals surface area contributed by atoms with E-state index in [4.69, 9.17) is 9.47 Å². The van der Waals surface area contributed by atoms with E-state index in [0.29, 0.717) is 33.3 Å². The van der Waals surface area contributed by atoms with Gasteiger partial charge in [-0.15, -0.1) is 0 Å². The van der Waals surface area contributed by atoms with Crippen LogP contribution in [0.2, 0.25) is 0 Å². The first kappa shape index (κ1) is 20.2. The molecule has 0 saturated carbocycles. The third-order valence-corrected chi connectivity index (χ3v) is 5.54. The zero-order valence-electron chi connectivity index (χ0n) is 15.8. The van der Waals surface area contributed by atoms with Gasteiger partial charge in [0.1, 0.15) is 6.61 Å². The SMILES string of the molecule is C=CCOC(=O)C1=C(C)NC2=C(C(=O)CCC2)C1c1cc(Br)c(O)c(OC)c1. The van der Waals surface area contributed by atoms with Crippen molar-refractivity contribution in [2.75, 3.05) is 13.7 Å². The number of phenolic OH excluding ortho intramolecular Hbond substituents is 1. The summed E-state index contributed by atoms with van der Waals surface area (Å²) in [5.41, 5.74) is 3.09. The number of rotatable bonds is 5. The molecular weight excluding hydrogens is 426 g/mol. The molecule has 148 valence electrons. The molecule has 0 fully saturated rings. The molecule has 1 heterocycles. The van der Waals surface area contributed by atoms with Gasteiger partial charge in [0, 0.05) is 29.3 Å². The molecule has 0 spiro atoms. The predicted octanol–water partition coefficient (Wildman–Crippen LogP) is 3.86. The van der Waals surface area contributed by atoms with Gasteiger partial charge in [-0.25, -0.2) is 4.79 Å². The van der Waals surface area contributed by atoms with Gasteiger partial charge in [-0.1, -0.05) is 12.7 Å². The van der Waals surface area contributed by atoms with Crippen molar-refractivity contribution < 1.29 is 24.2 Å². The summed E-state index contributed by atoms with van der Waals surface area (Å²) in [4.78, 5) is 25.7. The Morgan fingerprint density at radius 3 is 2.86 bits per heavy atom. The van der Waals surface area contributed by atoms with Gasteiger partial charge in [0.25, 0.3) is 0 Å². The number of carbonyl (C=O) groups is 2. The minimum Gasteiger partial charge on any atom is -0.503 e. The van der Waals surface area contributed by atoms with Crippen molar-refractivity contribution in [1.29, 1.82) is 0 Å². The number of phenols is 1. The van der Waals surface area contributed by atoms with E-state index in [1.807, 2.05) is 0 Å². The number of dihydropyridines is 1. The lowest BCUT2D eigenvalue weighted by Gasteiger charge is -2.34. The number of allylic oxidation sites excluding steroid dienone is 3. The molecule has 0 aromatic heterocycles. The number of esters is 1. The quantitative estimate of drug-likeness (QED) is 0.526. The van der Waals surface area contributed by atoms with Gasteiger partial charge < -0.3 is 19.9 Å². The number of nitrogens with one attached hydrogen (secondary N) is 1. The smallest absolute Gasteiger partial charge is 0.337 e. The average Bonchev–Trinajstić information content (AvgIpc) is 2.67. The maximum atomic E-state index is 12.8. The molecule has 1 aromatic rings. The van der Waals surface area contributed by atoms with Gasteiger partial charge in [0.15, 0.2) is 17.3 Å². The fourth-order valence-corrected chi connectivity index (χ4v) is 4.18. The Morgan fingerprint density at radius 2 is 2.18 bits per heavy atom. The number of benzene rings is 1. The highest BCUT2D eigenvalue weighted by Crippen LogP contribution is 2.46. The monoisotopic (exact) mass is 447 g/mol. The summed E-state index contributed by atoms with van der Waals surface area (Å²) in [7, 11) is 1.45. The second kappa shape index (κ2) is 8.22. The molecule has 1 aliphatic carbocycles. The number of ether oxygens (including phenoxy) is 2. The van der Waals surface area contributed by atoms with Crippen molar-refractivity contribution in [2.24, 2.45) is 0 Å². The van der Waals surface area contributed by atoms with Crippen molar-refractivity contribution in [3.63, 3.8) is 0 Å². The molecular formula is C21H22BrNO5. The second-order valence-corrected chi connectivity index (χ2v) is 7.56. The standard InChI is InChI=1S/C21H22BrNO5/c1-4-8-28-21(26)17-11(2)23-14-6-5-7-15(24)19(14)18(17)12-9-13(22)20(25)16(10-12)27-3/h4,9-10,18,23,25H,1,5-8H2,2-3H3. The van der Waals surface area contributed by atoms with Crippen molar-refractivity contribution in [2.45, 2.75) is 32.1 Å². The van der Waals surface area contributed by atoms with Crippen LogP contribution >= 0.6 is 15.9 Å². The van der Waals surface area contributed by atoms with E-state index in [1.54, 1.807) is 19.1 Å². The van der Waals surface area contributed by atoms with E-state index in [0.717, 1.165) is 18.5 Å². The summed E-state index contributed by atoms with van der Waals surface area (Å²) in [6, 6.07) is 3.35. The summed E-state index contributed by atoms with van der Waals surface area (Å²) < 4.78 is 11.0. The molecule has 1 atom stereocenters. The van der Waals surface area contributed by atoms with Gasteiger partial charge >= 0.3 is 5.97 Å². The van der Waals surface area contributed by atoms with Crippen LogP contribution in [0.4, 0.5) is 0 Å². The van der Waals surface area contributed by atoms with Crippen LogP contribution < -0.4 is 10.1 Å². The molecule has 0 radical (unpaired) electrons. The van der Waals surface area contributed by atoms with Gasteiger partial charge in [-0.2, -0.15) is 0 Å². The van der Waals surface area contributed by atoms with Gasteiger partial charge in [0.2, 0.25) is 0 Å². The third kappa shape index (κ3) is 3.58. The molecule has 2 N–H and O–H groups in total. The lowest BCUT2D eigenvalue weighted by molar-refractivity contribution is -0.138. The number of methoxy groups -OCH3 is 1. The fourth-order valence-electron chi connectivity index (χ4n) is 3.72. The number of hydrogen-bond donors (Lipinski definition) is 2. The maximum absolute atomic E-state index is 12.8. The molecule has 6 nitrogen and oxygen atoms in total. The molecule has 1 aromatic carbocycles. The molecule has 7 heteroatoms. The largest absolute Gasteiger partial charge is 0.503 e. The van der Waals surface area contributed by atoms with Crippen molar-refractivity contribution >= 4 is 27.7 Å². The number of hydrogen-bond acceptors (Lipinski definition) is 6. The van der Waals surface area contributed by atoms with Gasteiger partial charge in [0.05, 0.1) is 17.2 Å². The molecule has 2 aliphatic rings. The minimum atomic E-state index is -0.604. The summed E-state index contributed by atoms with van der Waals surface area (Å²) in [5.74, 6) is -0.899. The third-order valence-electron chi connectivity index (χ3n) is 4.93. The Morgan fingerprint density at radius 1 is 1.43 bits per heavy atom. The van der Waals surface area contributed by atoms with Crippen molar-refractivity contribution in [1.82, 2.24) is 5.32 Å². The van der Waals surface area contributed by atoms with E-state index in [1.165, 1.54) is 13.2 Å². The average molecular weight is 448 g/mol. The Kier molecular flexibility index (Phi) is 5.93. The van der Waals surface area contributed by atoms with E-state index in [9.17, 15) is 14.7 Å². The summed E-state index contributed by atoms with van der Waals surface area (Å²) >= 11 is 3.33. The van der Waals surface area contributed by atoms with Crippen molar-refractivity contribution in [3.8, 4) is 11.5 Å². The van der Waals surface area contributed by atoms with Crippen molar-refractivity contribution in [3.05, 3.63) is 57.4 Å². The van der Waals surface area contributed by atoms with E-state index >= 15 is 0 Å². The van der Waals surface area contributed by atoms with Crippen LogP contribution in [0.15, 0.2) is 51.8 Å². The van der Waals surface area contributed by atoms with Gasteiger partial charge in [-0.3, -0.25) is 4.79 Å². The minimum absolute atomic E-state index is 0.00318. The molecule has 28 heavy (non-hydrogen) atoms. The molecule has 1 aliphatic heterocycles. The summed E-state index contributed by atoms with van der Waals surface area (Å²) in [6.45, 7) is 5.45. The Labute approximate surface area is 172 Å². The van der Waals surface area contributed by atoms with E-state index in [-0.39, 0.29) is 23.9 Å². The Bertz CT molecular complexity index is 916. The molecule has 0 bridgehead atoms. The molecule has 3 rings (SSSR count). The molecule has 0 saturated heterocycles. The number of carbonyl (C=O) groups excluding carboxylic acids is 2. The molecule has 0 amide bonds. The first-order chi connectivity index (χ1) is 13.4. The van der Waals surface area contributed by atoms with E-state index < -0.39 is 11.9 Å². The highest BCUT2D eigenvalue weighted by atomic mass is 79.9. The van der Waals surface area contributed by atoms with Crippen LogP contribution in [0.3, 0.4) is 0 Å². The first-order valence-electron chi connectivity index (χ1n) is 8.97. The summed E-state index contributed by atoms with van der Waals surface area (Å²) in [6.07, 6.45) is 3.43. The van der Waals surface area contributed by atoms with Crippen LogP contribution in [-0.2, 0) is 14.3 Å². The predicted molar refractivity (Wildman–Crippen MR) is 108 cm³/mol. The van der Waals surface area contributed by atoms with Gasteiger partial charge in [-0.05, 0) is 53.4 Å². The van der Waals surface area contributed by atoms with Crippen LogP contribution in [0, 0.1) is 0 Å². The molecule has 1 unspecified atom stereocenters. The lowest BCUT2D eigenvalue weighted by atomic mass is 9.75. The Balaban J connectivity index is 2.20. The zero-order valence-corrected chi connectivity index (χ0v) is 17.4. The van der Waals surface area contributed by atoms with Crippen LogP contribution in [-0.4, -0.2) is 30.6 Å². The fraction of sp³-hybridized carbons (Fsp3) is 0.333. The first-order valence-corrected chi connectivity index (χ1v) is 9.76. The highest BCUT2D eigenvalue weighted by Gasteiger charge is 2.39. The normalized spacial score (nSPS) is 19.1.